The van der Waals surface area contributed by atoms with Gasteiger partial charge in [-0.3, -0.25) is 4.79 Å². The Morgan fingerprint density at radius 1 is 0.875 bits per heavy atom. The Hall–Kier alpha value is -4.87. The molecule has 0 fully saturated rings. The molecule has 0 saturated carbocycles. The van der Waals surface area contributed by atoms with E-state index >= 15 is 0 Å². The molecule has 1 heterocycles. The highest BCUT2D eigenvalue weighted by Gasteiger charge is 2.19. The van der Waals surface area contributed by atoms with Crippen LogP contribution in [-0.4, -0.2) is 16.6 Å². The van der Waals surface area contributed by atoms with Crippen LogP contribution >= 0.6 is 0 Å². The van der Waals surface area contributed by atoms with Crippen molar-refractivity contribution in [1.82, 2.24) is 9.88 Å². The van der Waals surface area contributed by atoms with Crippen molar-refractivity contribution in [3.05, 3.63) is 131 Å². The lowest BCUT2D eigenvalue weighted by molar-refractivity contribution is -0.191. The number of rotatable bonds is 6. The second kappa shape index (κ2) is 12.3. The summed E-state index contributed by atoms with van der Waals surface area (Å²) in [6, 6.07) is 27.8. The Morgan fingerprint density at radius 3 is 2.20 bits per heavy atom. The molecule has 7 heteroatoms. The van der Waals surface area contributed by atoms with Crippen LogP contribution in [0.15, 0.2) is 91.0 Å². The van der Waals surface area contributed by atoms with E-state index in [-0.39, 0.29) is 17.6 Å². The number of carbonyl (C=O) groups is 1. The van der Waals surface area contributed by atoms with Gasteiger partial charge in [-0.05, 0) is 67.3 Å². The molecule has 0 bridgehead atoms. The number of aryl methyl sites for hydroxylation is 1. The molecule has 1 atom stereocenters. The number of aromatic nitrogens is 1. The van der Waals surface area contributed by atoms with Gasteiger partial charge in [0.25, 0.3) is 5.91 Å². The molecular weight excluding hydrogens is 510 g/mol. The number of benzene rings is 4. The molecule has 0 aliphatic carbocycles. The van der Waals surface area contributed by atoms with Crippen molar-refractivity contribution in [3.63, 3.8) is 0 Å². The second-order valence-electron chi connectivity index (χ2n) is 9.51. The first kappa shape index (κ1) is 28.1. The fourth-order valence-corrected chi connectivity index (χ4v) is 4.82. The van der Waals surface area contributed by atoms with Crippen molar-refractivity contribution in [2.24, 2.45) is 0 Å². The van der Waals surface area contributed by atoms with E-state index in [2.05, 4.69) is 60.1 Å². The van der Waals surface area contributed by atoms with Crippen LogP contribution in [0.3, 0.4) is 0 Å². The largest absolute Gasteiger partial charge is 0.373 e. The van der Waals surface area contributed by atoms with Gasteiger partial charge in [0.15, 0.2) is 11.6 Å². The highest BCUT2D eigenvalue weighted by atomic mass is 19.2. The van der Waals surface area contributed by atoms with E-state index in [9.17, 15) is 13.6 Å². The maximum atomic E-state index is 14.2. The number of nitrogens with one attached hydrogen (secondary N) is 1. The van der Waals surface area contributed by atoms with E-state index < -0.39 is 17.7 Å². The van der Waals surface area contributed by atoms with Gasteiger partial charge in [0.05, 0.1) is 6.04 Å². The molecule has 5 aromatic rings. The van der Waals surface area contributed by atoms with Crippen molar-refractivity contribution >= 4 is 23.0 Å². The number of nitrogens with zero attached hydrogens (tertiary/aromatic N) is 1. The van der Waals surface area contributed by atoms with Crippen LogP contribution in [0.2, 0.25) is 0 Å². The van der Waals surface area contributed by atoms with Gasteiger partial charge < -0.3 is 9.88 Å². The Balaban J connectivity index is 0.00000118. The van der Waals surface area contributed by atoms with Gasteiger partial charge in [-0.1, -0.05) is 66.7 Å². The molecular formula is C33H28F2N2O3. The summed E-state index contributed by atoms with van der Waals surface area (Å²) < 4.78 is 30.1. The highest BCUT2D eigenvalue weighted by Crippen LogP contribution is 2.28. The first-order valence-corrected chi connectivity index (χ1v) is 12.7. The topological polar surface area (TPSA) is 68.2 Å². The summed E-state index contributed by atoms with van der Waals surface area (Å²) >= 11 is 0. The van der Waals surface area contributed by atoms with Crippen LogP contribution in [0.5, 0.6) is 0 Å². The summed E-state index contributed by atoms with van der Waals surface area (Å²) in [4.78, 5) is 29.2. The van der Waals surface area contributed by atoms with Crippen LogP contribution in [0.4, 0.5) is 8.78 Å². The zero-order chi connectivity index (χ0) is 28.8. The minimum atomic E-state index is -0.939. The Labute approximate surface area is 231 Å². The molecule has 1 amide bonds. The first-order chi connectivity index (χ1) is 19.2. The Kier molecular flexibility index (Phi) is 8.67. The minimum Gasteiger partial charge on any atom is -0.345 e. The third kappa shape index (κ3) is 5.90. The summed E-state index contributed by atoms with van der Waals surface area (Å²) in [6.45, 7) is 6.50. The monoisotopic (exact) mass is 538 g/mol. The van der Waals surface area contributed by atoms with Gasteiger partial charge >= 0.3 is 6.15 Å². The van der Waals surface area contributed by atoms with Crippen LogP contribution < -0.4 is 5.32 Å². The van der Waals surface area contributed by atoms with Gasteiger partial charge in [-0.25, -0.2) is 8.78 Å². The van der Waals surface area contributed by atoms with Gasteiger partial charge in [-0.15, -0.1) is 0 Å². The normalized spacial score (nSPS) is 11.3. The number of amides is 1. The third-order valence-corrected chi connectivity index (χ3v) is 7.10. The SMILES string of the molecule is Cc1c(C)n(Cc2ccc(-c3ccccc3)cc2)c2ccc(C(=O)N[C@@H](C)c3cccc(F)c3F)cc12.O=C=O. The Bertz CT molecular complexity index is 1690. The fourth-order valence-electron chi connectivity index (χ4n) is 4.82. The number of carbonyl (C=O) groups excluding carboxylic acids is 3. The van der Waals surface area contributed by atoms with E-state index in [0.29, 0.717) is 12.1 Å². The van der Waals surface area contributed by atoms with Crippen LogP contribution in [-0.2, 0) is 16.1 Å². The molecule has 40 heavy (non-hydrogen) atoms. The molecule has 1 N–H and O–H groups in total. The molecule has 0 aliphatic heterocycles. The maximum Gasteiger partial charge on any atom is 0.373 e. The van der Waals surface area contributed by atoms with Crippen molar-refractivity contribution in [3.8, 4) is 11.1 Å². The van der Waals surface area contributed by atoms with E-state index in [1.807, 2.05) is 30.3 Å². The van der Waals surface area contributed by atoms with Crippen molar-refractivity contribution < 1.29 is 23.2 Å². The van der Waals surface area contributed by atoms with Gasteiger partial charge in [-0.2, -0.15) is 9.59 Å². The van der Waals surface area contributed by atoms with Crippen LogP contribution in [0.1, 0.15) is 45.7 Å². The molecule has 5 rings (SSSR count). The first-order valence-electron chi connectivity index (χ1n) is 12.7. The zero-order valence-corrected chi connectivity index (χ0v) is 22.4. The zero-order valence-electron chi connectivity index (χ0n) is 22.4. The van der Waals surface area contributed by atoms with Crippen LogP contribution in [0.25, 0.3) is 22.0 Å². The molecule has 4 aromatic carbocycles. The minimum absolute atomic E-state index is 0.117. The fraction of sp³-hybridized carbons (Fsp3) is 0.152. The van der Waals surface area contributed by atoms with Gasteiger partial charge in [0, 0.05) is 34.3 Å². The van der Waals surface area contributed by atoms with E-state index in [4.69, 9.17) is 9.59 Å². The molecule has 0 saturated heterocycles. The maximum absolute atomic E-state index is 14.2. The smallest absolute Gasteiger partial charge is 0.345 e. The van der Waals surface area contributed by atoms with Crippen LogP contribution in [0, 0.1) is 25.5 Å². The summed E-state index contributed by atoms with van der Waals surface area (Å²) in [7, 11) is 0. The Morgan fingerprint density at radius 2 is 1.52 bits per heavy atom. The number of halogens is 2. The van der Waals surface area contributed by atoms with E-state index in [0.717, 1.165) is 28.2 Å². The standard InChI is InChI=1S/C32H28F2N2O.CO2/c1-20-22(3)36(19-23-12-14-25(15-13-23)24-8-5-4-6-9-24)30-17-16-26(18-28(20)30)32(37)35-21(2)27-10-7-11-29(33)31(27)34;2-1-3/h4-18,21H,19H2,1-3H3,(H,35,37);/t21-;/m0./s1. The number of hydrogen-bond acceptors (Lipinski definition) is 3. The lowest BCUT2D eigenvalue weighted by Gasteiger charge is -2.15. The second-order valence-corrected chi connectivity index (χ2v) is 9.51. The van der Waals surface area contributed by atoms with Crippen molar-refractivity contribution in [2.45, 2.75) is 33.4 Å². The molecule has 0 aliphatic rings. The summed E-state index contributed by atoms with van der Waals surface area (Å²) in [5.41, 5.74) is 7.43. The summed E-state index contributed by atoms with van der Waals surface area (Å²) in [5.74, 6) is -2.20. The number of hydrogen-bond donors (Lipinski definition) is 1. The molecule has 1 aromatic heterocycles. The van der Waals surface area contributed by atoms with Gasteiger partial charge in [0.1, 0.15) is 0 Å². The van der Waals surface area contributed by atoms with Crippen molar-refractivity contribution in [1.29, 1.82) is 0 Å². The lowest BCUT2D eigenvalue weighted by atomic mass is 10.0. The molecule has 0 spiro atoms. The third-order valence-electron chi connectivity index (χ3n) is 7.10. The summed E-state index contributed by atoms with van der Waals surface area (Å²) in [6.07, 6.45) is 0.250. The van der Waals surface area contributed by atoms with E-state index in [1.54, 1.807) is 13.0 Å². The molecule has 202 valence electrons. The predicted molar refractivity (Wildman–Crippen MR) is 150 cm³/mol. The molecule has 5 nitrogen and oxygen atoms in total. The van der Waals surface area contributed by atoms with Gasteiger partial charge in [0.2, 0.25) is 0 Å². The quantitative estimate of drug-likeness (QED) is 0.249. The highest BCUT2D eigenvalue weighted by molar-refractivity contribution is 5.99. The number of fused-ring (bicyclic) bond motifs is 1. The molecule has 0 radical (unpaired) electrons. The predicted octanol–water partition coefficient (Wildman–Crippen LogP) is 7.16. The molecule has 0 unspecified atom stereocenters. The van der Waals surface area contributed by atoms with Crippen molar-refractivity contribution in [2.75, 3.05) is 0 Å². The average Bonchev–Trinajstić information content (AvgIpc) is 3.20. The lowest BCUT2D eigenvalue weighted by Crippen LogP contribution is -2.27. The van der Waals surface area contributed by atoms with E-state index in [1.165, 1.54) is 28.8 Å². The average molecular weight is 539 g/mol. The summed E-state index contributed by atoms with van der Waals surface area (Å²) in [5, 5.41) is 3.79.